The number of ether oxygens (including phenoxy) is 7. The SMILES string of the molecule is COCCCOc1cc(CC(CC2C(CC(C(=O)NCC(C)(C)C(N)=O)C(C)C)OCN2C(=O)OCOC(=O)C=CC(=O)OC(C)(C)C)C(C)C)ccc1OC. The molecule has 0 aromatic heterocycles. The molecule has 1 heterocycles. The lowest BCUT2D eigenvalue weighted by Gasteiger charge is -2.33. The van der Waals surface area contributed by atoms with E-state index in [0.717, 1.165) is 17.7 Å². The molecule has 2 rings (SSSR count). The van der Waals surface area contributed by atoms with Crippen LogP contribution >= 0.6 is 0 Å². The summed E-state index contributed by atoms with van der Waals surface area (Å²) in [4.78, 5) is 64.7. The molecule has 1 fully saturated rings. The van der Waals surface area contributed by atoms with Crippen molar-refractivity contribution in [2.45, 2.75) is 106 Å². The largest absolute Gasteiger partial charge is 0.493 e. The van der Waals surface area contributed by atoms with E-state index in [-0.39, 0.29) is 43.4 Å². The Morgan fingerprint density at radius 2 is 1.61 bits per heavy atom. The third-order valence-corrected chi connectivity index (χ3v) is 9.60. The molecule has 56 heavy (non-hydrogen) atoms. The van der Waals surface area contributed by atoms with Crippen LogP contribution in [-0.4, -0.2) is 100.0 Å². The first-order valence-corrected chi connectivity index (χ1v) is 19.2. The lowest BCUT2D eigenvalue weighted by atomic mass is 9.80. The van der Waals surface area contributed by atoms with Gasteiger partial charge >= 0.3 is 18.0 Å². The Hall–Kier alpha value is -4.37. The quantitative estimate of drug-likeness (QED) is 0.0679. The van der Waals surface area contributed by atoms with Crippen LogP contribution in [0, 0.1) is 29.1 Å². The van der Waals surface area contributed by atoms with E-state index >= 15 is 0 Å². The Kier molecular flexibility index (Phi) is 19.1. The molecule has 4 atom stereocenters. The van der Waals surface area contributed by atoms with Crippen LogP contribution in [-0.2, 0) is 49.3 Å². The zero-order chi connectivity index (χ0) is 42.2. The Balaban J connectivity index is 2.32. The average molecular weight is 792 g/mol. The Morgan fingerprint density at radius 3 is 2.20 bits per heavy atom. The van der Waals surface area contributed by atoms with Crippen molar-refractivity contribution >= 4 is 29.8 Å². The fraction of sp³-hybridized carbons (Fsp3) is 0.683. The molecule has 4 unspecified atom stereocenters. The summed E-state index contributed by atoms with van der Waals surface area (Å²) < 4.78 is 38.5. The number of nitrogens with two attached hydrogens (primary N) is 1. The first kappa shape index (κ1) is 47.8. The number of esters is 2. The highest BCUT2D eigenvalue weighted by Crippen LogP contribution is 2.36. The van der Waals surface area contributed by atoms with Crippen LogP contribution in [0.25, 0.3) is 0 Å². The normalized spacial score (nSPS) is 17.1. The van der Waals surface area contributed by atoms with Crippen molar-refractivity contribution in [3.8, 4) is 11.5 Å². The molecular formula is C41H65N3O12. The number of amides is 3. The number of hydrogen-bond acceptors (Lipinski definition) is 12. The molecule has 15 nitrogen and oxygen atoms in total. The monoisotopic (exact) mass is 791 g/mol. The van der Waals surface area contributed by atoms with Gasteiger partial charge in [0.15, 0.2) is 11.5 Å². The van der Waals surface area contributed by atoms with Gasteiger partial charge in [0.25, 0.3) is 0 Å². The summed E-state index contributed by atoms with van der Waals surface area (Å²) in [6.45, 7) is 16.8. The van der Waals surface area contributed by atoms with Gasteiger partial charge in [0.05, 0.1) is 31.3 Å². The second kappa shape index (κ2) is 22.4. The van der Waals surface area contributed by atoms with Crippen molar-refractivity contribution in [2.75, 3.05) is 47.5 Å². The van der Waals surface area contributed by atoms with Crippen molar-refractivity contribution in [2.24, 2.45) is 34.8 Å². The first-order chi connectivity index (χ1) is 26.2. The Morgan fingerprint density at radius 1 is 0.929 bits per heavy atom. The fourth-order valence-electron chi connectivity index (χ4n) is 6.03. The summed E-state index contributed by atoms with van der Waals surface area (Å²) in [5.41, 5.74) is 4.87. The minimum Gasteiger partial charge on any atom is -0.493 e. The van der Waals surface area contributed by atoms with Gasteiger partial charge in [0.2, 0.25) is 18.6 Å². The molecule has 1 aliphatic heterocycles. The van der Waals surface area contributed by atoms with Gasteiger partial charge in [-0.15, -0.1) is 0 Å². The molecule has 3 N–H and O–H groups in total. The summed E-state index contributed by atoms with van der Waals surface area (Å²) in [7, 11) is 3.23. The van der Waals surface area contributed by atoms with Gasteiger partial charge in [-0.2, -0.15) is 0 Å². The topological polar surface area (TPSA) is 191 Å². The molecule has 0 bridgehead atoms. The first-order valence-electron chi connectivity index (χ1n) is 19.2. The van der Waals surface area contributed by atoms with Gasteiger partial charge in [-0.05, 0) is 89.3 Å². The fourth-order valence-corrected chi connectivity index (χ4v) is 6.03. The van der Waals surface area contributed by atoms with E-state index in [1.165, 1.54) is 4.90 Å². The van der Waals surface area contributed by atoms with E-state index in [1.54, 1.807) is 48.8 Å². The predicted molar refractivity (Wildman–Crippen MR) is 208 cm³/mol. The van der Waals surface area contributed by atoms with Crippen LogP contribution in [0.15, 0.2) is 30.4 Å². The number of carbonyl (C=O) groups is 5. The number of carbonyl (C=O) groups excluding carboxylic acids is 5. The molecular weight excluding hydrogens is 726 g/mol. The molecule has 0 aliphatic carbocycles. The molecule has 1 aromatic carbocycles. The number of hydrogen-bond donors (Lipinski definition) is 2. The molecule has 1 saturated heterocycles. The number of nitrogens with zero attached hydrogens (tertiary/aromatic N) is 1. The standard InChI is InChI=1S/C41H65N3O12/c1-26(2)29(19-28-13-14-32(51-11)34(20-28)52-18-12-17-50-10)21-31-33(22-30(27(3)4)37(47)43-23-41(8,9)38(42)48)53-24-44(31)39(49)55-25-54-35(45)15-16-36(46)56-40(5,6)7/h13-16,20,26-27,29-31,33H,12,17-19,21-25H2,1-11H3,(H2,42,48)(H,43,47). The van der Waals surface area contributed by atoms with Crippen molar-refractivity contribution < 1.29 is 57.1 Å². The van der Waals surface area contributed by atoms with Crippen LogP contribution in [0.5, 0.6) is 11.5 Å². The van der Waals surface area contributed by atoms with Gasteiger partial charge in [0.1, 0.15) is 12.3 Å². The maximum absolute atomic E-state index is 13.6. The van der Waals surface area contributed by atoms with Gasteiger partial charge in [-0.1, -0.05) is 33.8 Å². The van der Waals surface area contributed by atoms with Gasteiger partial charge in [-0.25, -0.2) is 14.4 Å². The highest BCUT2D eigenvalue weighted by molar-refractivity contribution is 5.91. The molecule has 1 aromatic rings. The van der Waals surface area contributed by atoms with E-state index in [0.29, 0.717) is 44.0 Å². The second-order valence-electron chi connectivity index (χ2n) is 16.4. The van der Waals surface area contributed by atoms with E-state index in [1.807, 2.05) is 32.0 Å². The summed E-state index contributed by atoms with van der Waals surface area (Å²) in [5.74, 6) is -1.58. The third-order valence-electron chi connectivity index (χ3n) is 9.60. The number of benzene rings is 1. The molecule has 3 amide bonds. The maximum Gasteiger partial charge on any atom is 0.414 e. The number of nitrogens with one attached hydrogen (secondary N) is 1. The summed E-state index contributed by atoms with van der Waals surface area (Å²) in [6.07, 6.45) is 2.64. The average Bonchev–Trinajstić information content (AvgIpc) is 3.51. The number of primary amides is 1. The highest BCUT2D eigenvalue weighted by atomic mass is 16.7. The minimum absolute atomic E-state index is 0.0350. The molecule has 0 saturated carbocycles. The Labute approximate surface area is 332 Å². The zero-order valence-electron chi connectivity index (χ0n) is 35.1. The van der Waals surface area contributed by atoms with Crippen molar-refractivity contribution in [1.82, 2.24) is 10.2 Å². The van der Waals surface area contributed by atoms with Gasteiger partial charge in [0, 0.05) is 44.8 Å². The van der Waals surface area contributed by atoms with Crippen molar-refractivity contribution in [3.63, 3.8) is 0 Å². The zero-order valence-corrected chi connectivity index (χ0v) is 35.1. The molecule has 0 radical (unpaired) electrons. The van der Waals surface area contributed by atoms with Crippen LogP contribution < -0.4 is 20.5 Å². The van der Waals surface area contributed by atoms with E-state index in [4.69, 9.17) is 38.9 Å². The molecule has 0 spiro atoms. The molecule has 1 aliphatic rings. The molecule has 316 valence electrons. The summed E-state index contributed by atoms with van der Waals surface area (Å²) in [6, 6.07) is 5.31. The van der Waals surface area contributed by atoms with Crippen LogP contribution in [0.4, 0.5) is 4.79 Å². The number of methoxy groups -OCH3 is 2. The second-order valence-corrected chi connectivity index (χ2v) is 16.4. The highest BCUT2D eigenvalue weighted by Gasteiger charge is 2.43. The van der Waals surface area contributed by atoms with Gasteiger partial charge in [-0.3, -0.25) is 14.5 Å². The van der Waals surface area contributed by atoms with E-state index in [2.05, 4.69) is 19.2 Å². The van der Waals surface area contributed by atoms with Crippen molar-refractivity contribution in [1.29, 1.82) is 0 Å². The van der Waals surface area contributed by atoms with Crippen LogP contribution in [0.1, 0.15) is 87.1 Å². The van der Waals surface area contributed by atoms with E-state index in [9.17, 15) is 24.0 Å². The van der Waals surface area contributed by atoms with Gasteiger partial charge < -0.3 is 44.2 Å². The Bertz CT molecular complexity index is 1490. The smallest absolute Gasteiger partial charge is 0.414 e. The van der Waals surface area contributed by atoms with Crippen LogP contribution in [0.2, 0.25) is 0 Å². The molecule has 15 heteroatoms. The summed E-state index contributed by atoms with van der Waals surface area (Å²) in [5, 5.41) is 2.89. The number of rotatable bonds is 22. The lowest BCUT2D eigenvalue weighted by molar-refractivity contribution is -0.150. The van der Waals surface area contributed by atoms with Crippen molar-refractivity contribution in [3.05, 3.63) is 35.9 Å². The lowest BCUT2D eigenvalue weighted by Crippen LogP contribution is -2.47. The van der Waals surface area contributed by atoms with E-state index < -0.39 is 59.8 Å². The minimum atomic E-state index is -0.945. The van der Waals surface area contributed by atoms with Crippen LogP contribution in [0.3, 0.4) is 0 Å². The maximum atomic E-state index is 13.6. The predicted octanol–water partition coefficient (Wildman–Crippen LogP) is 5.17. The summed E-state index contributed by atoms with van der Waals surface area (Å²) >= 11 is 0. The third kappa shape index (κ3) is 16.0.